The van der Waals surface area contributed by atoms with Crippen LogP contribution in [-0.2, 0) is 9.59 Å². The van der Waals surface area contributed by atoms with E-state index in [1.807, 2.05) is 0 Å². The molecule has 8 heteroatoms. The fourth-order valence-corrected chi connectivity index (χ4v) is 30.2. The van der Waals surface area contributed by atoms with Gasteiger partial charge in [0.15, 0.2) is 0 Å². The number of hydrogen-bond donors (Lipinski definition) is 0. The first-order valence-electron chi connectivity index (χ1n) is 6.91. The molecule has 0 aromatic heterocycles. The summed E-state index contributed by atoms with van der Waals surface area (Å²) >= 11 is -7.14. The van der Waals surface area contributed by atoms with E-state index in [4.69, 9.17) is 0 Å². The molecule has 3 aliphatic rings. The van der Waals surface area contributed by atoms with Gasteiger partial charge in [0.1, 0.15) is 0 Å². The monoisotopic (exact) mass is 534 g/mol. The van der Waals surface area contributed by atoms with E-state index in [9.17, 15) is 18.4 Å². The summed E-state index contributed by atoms with van der Waals surface area (Å²) in [6.45, 7) is 0. The number of rotatable bonds is 2. The fraction of sp³-hybridized carbons (Fsp3) is 0.571. The predicted molar refractivity (Wildman–Crippen MR) is 80.7 cm³/mol. The standard InChI is InChI=1S/C8F4O2.6CH3.2Sn/c9-3-4(10)8(12)2-1-7(3,11)5(13)6(8)14;;;;;;;;/h;6*1H3;;. The Morgan fingerprint density at radius 2 is 0.909 bits per heavy atom. The minimum atomic E-state index is -3.57. The van der Waals surface area contributed by atoms with Crippen molar-refractivity contribution >= 4 is 48.3 Å². The van der Waals surface area contributed by atoms with Crippen LogP contribution < -0.4 is 0 Å². The topological polar surface area (TPSA) is 34.1 Å². The first-order valence-corrected chi connectivity index (χ1v) is 26.9. The number of carbonyl (C=O) groups is 2. The quantitative estimate of drug-likeness (QED) is 0.309. The van der Waals surface area contributed by atoms with E-state index in [1.165, 1.54) is 0 Å². The molecule has 0 fully saturated rings. The van der Waals surface area contributed by atoms with Gasteiger partial charge in [0.25, 0.3) is 0 Å². The molecular formula is C14H18F4O2Sn2. The van der Waals surface area contributed by atoms with Crippen LogP contribution in [0, 0.1) is 0 Å². The molecule has 122 valence electrons. The van der Waals surface area contributed by atoms with Crippen LogP contribution in [0.2, 0.25) is 29.6 Å². The Morgan fingerprint density at radius 3 is 1.09 bits per heavy atom. The van der Waals surface area contributed by atoms with E-state index >= 15 is 8.78 Å². The third-order valence-electron chi connectivity index (χ3n) is 4.07. The summed E-state index contributed by atoms with van der Waals surface area (Å²) in [5.74, 6) is -7.70. The van der Waals surface area contributed by atoms with Crippen LogP contribution in [0.25, 0.3) is 0 Å². The van der Waals surface area contributed by atoms with Crippen molar-refractivity contribution < 1.29 is 27.2 Å². The molecule has 2 nitrogen and oxygen atoms in total. The number of hydrogen-bond acceptors (Lipinski definition) is 2. The van der Waals surface area contributed by atoms with Crippen molar-refractivity contribution in [1.29, 1.82) is 0 Å². The van der Waals surface area contributed by atoms with Crippen LogP contribution >= 0.6 is 0 Å². The molecule has 0 saturated heterocycles. The van der Waals surface area contributed by atoms with Crippen molar-refractivity contribution in [2.24, 2.45) is 0 Å². The van der Waals surface area contributed by atoms with Crippen molar-refractivity contribution in [3.8, 4) is 0 Å². The molecule has 0 aliphatic heterocycles. The number of ketones is 2. The Hall–Kier alpha value is 0.137. The van der Waals surface area contributed by atoms with Crippen molar-refractivity contribution in [2.45, 2.75) is 41.0 Å². The summed E-state index contributed by atoms with van der Waals surface area (Å²) in [7, 11) is 0. The Kier molecular flexibility index (Phi) is 4.05. The van der Waals surface area contributed by atoms with Gasteiger partial charge in [-0.25, -0.2) is 0 Å². The number of allylic oxidation sites excluding steroid dienone is 4. The first-order chi connectivity index (χ1) is 9.62. The van der Waals surface area contributed by atoms with Gasteiger partial charge in [-0.05, 0) is 0 Å². The van der Waals surface area contributed by atoms with Crippen molar-refractivity contribution in [1.82, 2.24) is 0 Å². The van der Waals surface area contributed by atoms with Crippen LogP contribution in [0.3, 0.4) is 0 Å². The second-order valence-corrected chi connectivity index (χ2v) is 36.4. The van der Waals surface area contributed by atoms with Gasteiger partial charge in [-0.2, -0.15) is 0 Å². The molecule has 0 radical (unpaired) electrons. The van der Waals surface area contributed by atoms with Crippen molar-refractivity contribution in [2.75, 3.05) is 0 Å². The maximum atomic E-state index is 15.4. The molecule has 0 aromatic carbocycles. The van der Waals surface area contributed by atoms with E-state index in [0.717, 1.165) is 0 Å². The summed E-state index contributed by atoms with van der Waals surface area (Å²) in [6.07, 6.45) is 0. The van der Waals surface area contributed by atoms with Gasteiger partial charge in [-0.3, -0.25) is 0 Å². The van der Waals surface area contributed by atoms with Gasteiger partial charge in [0, 0.05) is 0 Å². The zero-order valence-corrected chi connectivity index (χ0v) is 19.0. The third kappa shape index (κ3) is 2.04. The Balaban J connectivity index is 3.08. The van der Waals surface area contributed by atoms with Crippen LogP contribution in [0.1, 0.15) is 0 Å². The maximum absolute atomic E-state index is 15.4. The van der Waals surface area contributed by atoms with E-state index in [1.54, 1.807) is 29.6 Å². The molecule has 0 heterocycles. The minimum absolute atomic E-state index is 0.198. The van der Waals surface area contributed by atoms with Gasteiger partial charge in [-0.1, -0.05) is 0 Å². The summed E-state index contributed by atoms with van der Waals surface area (Å²) in [6, 6.07) is 0. The number of halogens is 4. The summed E-state index contributed by atoms with van der Waals surface area (Å²) in [5, 5.41) is 0. The molecule has 0 N–H and O–H groups in total. The molecule has 3 rings (SSSR count). The number of fused-ring (bicyclic) bond motifs is 1. The Labute approximate surface area is 134 Å². The second-order valence-electron chi connectivity index (χ2n) is 7.85. The molecule has 2 bridgehead atoms. The molecule has 0 amide bonds. The van der Waals surface area contributed by atoms with Gasteiger partial charge in [0.05, 0.1) is 0 Å². The first kappa shape index (κ1) is 18.5. The summed E-state index contributed by atoms with van der Waals surface area (Å²) in [4.78, 5) is 34.3. The van der Waals surface area contributed by atoms with E-state index in [2.05, 4.69) is 0 Å². The Bertz CT molecular complexity index is 613. The normalized spacial score (nSPS) is 33.2. The van der Waals surface area contributed by atoms with E-state index < -0.39 is 71.3 Å². The van der Waals surface area contributed by atoms with Gasteiger partial charge in [-0.15, -0.1) is 0 Å². The van der Waals surface area contributed by atoms with Crippen molar-refractivity contribution in [3.05, 3.63) is 18.8 Å². The molecule has 0 spiro atoms. The van der Waals surface area contributed by atoms with Crippen LogP contribution in [-0.4, -0.2) is 59.7 Å². The van der Waals surface area contributed by atoms with Crippen LogP contribution in [0.15, 0.2) is 18.8 Å². The van der Waals surface area contributed by atoms with Gasteiger partial charge >= 0.3 is 135 Å². The molecule has 2 atom stereocenters. The number of alkyl halides is 2. The molecule has 0 aromatic rings. The molecular weight excluding hydrogens is 514 g/mol. The molecule has 2 unspecified atom stereocenters. The molecule has 22 heavy (non-hydrogen) atoms. The van der Waals surface area contributed by atoms with Crippen LogP contribution in [0.5, 0.6) is 0 Å². The third-order valence-corrected chi connectivity index (χ3v) is 18.1. The Morgan fingerprint density at radius 1 is 0.682 bits per heavy atom. The number of carbonyl (C=O) groups excluding carboxylic acids is 2. The zero-order valence-electron chi connectivity index (χ0n) is 13.3. The van der Waals surface area contributed by atoms with Gasteiger partial charge in [0.2, 0.25) is 0 Å². The summed E-state index contributed by atoms with van der Waals surface area (Å²) < 4.78 is 58.7. The SMILES string of the molecule is [CH3][Sn]([CH3])([CH3])[C]1=[C]([Sn]([CH3])([CH3])[CH3])C2(F)C(=O)C(=O)C1(F)C(F)=C2F. The number of Topliss-reactive ketones (excluding diaryl/α,β-unsaturated/α-hetero) is 2. The fourth-order valence-electron chi connectivity index (χ4n) is 3.39. The predicted octanol–water partition coefficient (Wildman–Crippen LogP) is 3.77. The van der Waals surface area contributed by atoms with Crippen molar-refractivity contribution in [3.63, 3.8) is 0 Å². The second kappa shape index (κ2) is 4.83. The van der Waals surface area contributed by atoms with E-state index in [0.29, 0.717) is 0 Å². The molecule has 0 saturated carbocycles. The van der Waals surface area contributed by atoms with Crippen LogP contribution in [0.4, 0.5) is 17.6 Å². The summed E-state index contributed by atoms with van der Waals surface area (Å²) in [5.41, 5.74) is -6.83. The molecule has 3 aliphatic carbocycles. The zero-order chi connectivity index (χ0) is 17.5. The van der Waals surface area contributed by atoms with E-state index in [-0.39, 0.29) is 7.18 Å². The van der Waals surface area contributed by atoms with Gasteiger partial charge < -0.3 is 0 Å². The average Bonchev–Trinajstić information content (AvgIpc) is 2.33. The average molecular weight is 532 g/mol.